The third-order valence-corrected chi connectivity index (χ3v) is 6.20. The fourth-order valence-corrected chi connectivity index (χ4v) is 4.63. The minimum atomic E-state index is -0.517. The monoisotopic (exact) mass is 485 g/mol. The average Bonchev–Trinajstić information content (AvgIpc) is 3.45. The zero-order valence-electron chi connectivity index (χ0n) is 20.8. The maximum absolute atomic E-state index is 12.8. The number of rotatable bonds is 6. The lowest BCUT2D eigenvalue weighted by molar-refractivity contribution is -0.160. The van der Waals surface area contributed by atoms with Gasteiger partial charge in [0.25, 0.3) is 0 Å². The third kappa shape index (κ3) is 5.04. The molecule has 186 valence electrons. The number of anilines is 1. The van der Waals surface area contributed by atoms with Crippen molar-refractivity contribution in [3.63, 3.8) is 0 Å². The van der Waals surface area contributed by atoms with Crippen LogP contribution in [-0.4, -0.2) is 43.6 Å². The number of aromatic nitrogens is 3. The molecule has 0 radical (unpaired) electrons. The number of para-hydroxylation sites is 1. The summed E-state index contributed by atoms with van der Waals surface area (Å²) in [6.45, 7) is 7.00. The van der Waals surface area contributed by atoms with Crippen LogP contribution in [0.4, 0.5) is 5.82 Å². The molecule has 0 spiro atoms. The molecule has 1 saturated heterocycles. The molecule has 0 bridgehead atoms. The maximum atomic E-state index is 12.8. The van der Waals surface area contributed by atoms with Gasteiger partial charge in [-0.1, -0.05) is 30.3 Å². The van der Waals surface area contributed by atoms with Crippen molar-refractivity contribution in [2.45, 2.75) is 51.9 Å². The number of esters is 1. The highest BCUT2D eigenvalue weighted by atomic mass is 16.6. The van der Waals surface area contributed by atoms with E-state index in [1.54, 1.807) is 0 Å². The number of benzene rings is 2. The molecule has 8 heteroatoms. The molecule has 2 N–H and O–H groups in total. The van der Waals surface area contributed by atoms with Crippen molar-refractivity contribution in [3.8, 4) is 22.6 Å². The van der Waals surface area contributed by atoms with E-state index in [9.17, 15) is 4.79 Å². The van der Waals surface area contributed by atoms with Crippen molar-refractivity contribution in [1.29, 1.82) is 0 Å². The fraction of sp³-hybridized carbons (Fsp3) is 0.321. The number of carbonyl (C=O) groups excluding carboxylic acids is 1. The van der Waals surface area contributed by atoms with Gasteiger partial charge in [-0.25, -0.2) is 9.97 Å². The smallest absolute Gasteiger partial charge is 0.323 e. The molecule has 0 amide bonds. The van der Waals surface area contributed by atoms with E-state index in [2.05, 4.69) is 14.9 Å². The van der Waals surface area contributed by atoms with E-state index in [4.69, 9.17) is 15.2 Å². The second kappa shape index (κ2) is 9.62. The number of hydrogen-bond donors (Lipinski definition) is 1. The Balaban J connectivity index is 1.43. The second-order valence-electron chi connectivity index (χ2n) is 10.1. The summed E-state index contributed by atoms with van der Waals surface area (Å²) in [5.74, 6) is 1.77. The molecule has 0 saturated carbocycles. The fourth-order valence-electron chi connectivity index (χ4n) is 4.63. The van der Waals surface area contributed by atoms with Gasteiger partial charge in [0.2, 0.25) is 0 Å². The Morgan fingerprint density at radius 2 is 1.78 bits per heavy atom. The Morgan fingerprint density at radius 3 is 2.50 bits per heavy atom. The topological polar surface area (TPSA) is 95.5 Å². The maximum Gasteiger partial charge on any atom is 0.323 e. The van der Waals surface area contributed by atoms with Crippen LogP contribution in [0.5, 0.6) is 11.5 Å². The molecule has 0 aliphatic carbocycles. The van der Waals surface area contributed by atoms with Crippen LogP contribution in [0, 0.1) is 0 Å². The van der Waals surface area contributed by atoms with Crippen molar-refractivity contribution in [2.75, 3.05) is 12.3 Å². The highest BCUT2D eigenvalue weighted by Gasteiger charge is 2.34. The molecule has 1 fully saturated rings. The van der Waals surface area contributed by atoms with Crippen molar-refractivity contribution in [3.05, 3.63) is 67.1 Å². The van der Waals surface area contributed by atoms with Gasteiger partial charge in [-0.15, -0.1) is 0 Å². The zero-order chi connectivity index (χ0) is 25.3. The number of likely N-dealkylation sites (tertiary alicyclic amines) is 1. The first-order chi connectivity index (χ1) is 17.3. The van der Waals surface area contributed by atoms with Crippen molar-refractivity contribution in [1.82, 2.24) is 19.4 Å². The normalized spacial score (nSPS) is 16.4. The van der Waals surface area contributed by atoms with Crippen molar-refractivity contribution in [2.24, 2.45) is 0 Å². The Labute approximate surface area is 210 Å². The standard InChI is InChI=1S/C28H31N5O3/c1-28(2,3)36-27(34)23-10-7-15-32(23)18-33-16-22(24-25(29)30-17-31-26(24)33)19-11-13-21(14-12-19)35-20-8-5-4-6-9-20/h4-6,8-9,11-14,16-17,23H,7,10,15,18H2,1-3H3,(H2,29,30,31). The van der Waals surface area contributed by atoms with E-state index in [1.165, 1.54) is 6.33 Å². The first-order valence-electron chi connectivity index (χ1n) is 12.2. The summed E-state index contributed by atoms with van der Waals surface area (Å²) in [5.41, 5.74) is 8.44. The lowest BCUT2D eigenvalue weighted by Crippen LogP contribution is -2.41. The Bertz CT molecular complexity index is 1360. The van der Waals surface area contributed by atoms with Crippen LogP contribution in [-0.2, 0) is 16.2 Å². The summed E-state index contributed by atoms with van der Waals surface area (Å²) >= 11 is 0. The average molecular weight is 486 g/mol. The minimum absolute atomic E-state index is 0.181. The van der Waals surface area contributed by atoms with Crippen LogP contribution < -0.4 is 10.5 Å². The molecule has 4 aromatic rings. The summed E-state index contributed by atoms with van der Waals surface area (Å²) in [7, 11) is 0. The van der Waals surface area contributed by atoms with Crippen molar-refractivity contribution < 1.29 is 14.3 Å². The van der Waals surface area contributed by atoms with Gasteiger partial charge >= 0.3 is 5.97 Å². The third-order valence-electron chi connectivity index (χ3n) is 6.20. The largest absolute Gasteiger partial charge is 0.459 e. The number of nitrogen functional groups attached to an aromatic ring is 1. The molecular formula is C28H31N5O3. The van der Waals surface area contributed by atoms with Crippen LogP contribution in [0.2, 0.25) is 0 Å². The molecule has 8 nitrogen and oxygen atoms in total. The van der Waals surface area contributed by atoms with E-state index in [0.29, 0.717) is 12.5 Å². The minimum Gasteiger partial charge on any atom is -0.459 e. The first-order valence-corrected chi connectivity index (χ1v) is 12.2. The molecule has 1 unspecified atom stereocenters. The molecule has 2 aromatic carbocycles. The van der Waals surface area contributed by atoms with Gasteiger partial charge in [-0.3, -0.25) is 9.69 Å². The molecule has 1 atom stereocenters. The lowest BCUT2D eigenvalue weighted by atomic mass is 10.1. The Hall–Kier alpha value is -3.91. The molecule has 3 heterocycles. The van der Waals surface area contributed by atoms with Crippen LogP contribution in [0.1, 0.15) is 33.6 Å². The van der Waals surface area contributed by atoms with Gasteiger partial charge in [-0.2, -0.15) is 0 Å². The van der Waals surface area contributed by atoms with Gasteiger partial charge in [0.05, 0.1) is 12.1 Å². The number of carbonyl (C=O) groups is 1. The molecule has 2 aromatic heterocycles. The number of hydrogen-bond acceptors (Lipinski definition) is 7. The van der Waals surface area contributed by atoms with Crippen LogP contribution in [0.15, 0.2) is 67.1 Å². The zero-order valence-corrected chi connectivity index (χ0v) is 20.8. The van der Waals surface area contributed by atoms with Gasteiger partial charge in [0.1, 0.15) is 40.9 Å². The van der Waals surface area contributed by atoms with Crippen LogP contribution in [0.3, 0.4) is 0 Å². The molecule has 36 heavy (non-hydrogen) atoms. The summed E-state index contributed by atoms with van der Waals surface area (Å²) in [4.78, 5) is 23.8. The van der Waals surface area contributed by atoms with E-state index in [-0.39, 0.29) is 12.0 Å². The summed E-state index contributed by atoms with van der Waals surface area (Å²) in [6.07, 6.45) is 5.23. The molecule has 1 aliphatic heterocycles. The highest BCUT2D eigenvalue weighted by Crippen LogP contribution is 2.35. The van der Waals surface area contributed by atoms with Gasteiger partial charge < -0.3 is 19.8 Å². The Kier molecular flexibility index (Phi) is 6.36. The van der Waals surface area contributed by atoms with Gasteiger partial charge in [0.15, 0.2) is 0 Å². The quantitative estimate of drug-likeness (QED) is 0.373. The summed E-state index contributed by atoms with van der Waals surface area (Å²) < 4.78 is 13.7. The number of fused-ring (bicyclic) bond motifs is 1. The molecule has 5 rings (SSSR count). The number of nitrogens with two attached hydrogens (primary N) is 1. The predicted molar refractivity (Wildman–Crippen MR) is 139 cm³/mol. The van der Waals surface area contributed by atoms with Gasteiger partial charge in [-0.05, 0) is 63.4 Å². The predicted octanol–water partition coefficient (Wildman–Crippen LogP) is 5.24. The van der Waals surface area contributed by atoms with E-state index < -0.39 is 5.60 Å². The van der Waals surface area contributed by atoms with Crippen molar-refractivity contribution >= 4 is 22.8 Å². The van der Waals surface area contributed by atoms with Gasteiger partial charge in [0, 0.05) is 18.3 Å². The van der Waals surface area contributed by atoms with Crippen LogP contribution in [0.25, 0.3) is 22.2 Å². The lowest BCUT2D eigenvalue weighted by Gasteiger charge is -2.27. The molecular weight excluding hydrogens is 454 g/mol. The highest BCUT2D eigenvalue weighted by molar-refractivity contribution is 6.00. The van der Waals surface area contributed by atoms with E-state index in [1.807, 2.05) is 86.1 Å². The van der Waals surface area contributed by atoms with E-state index >= 15 is 0 Å². The molecule has 1 aliphatic rings. The summed E-state index contributed by atoms with van der Waals surface area (Å²) in [5, 5.41) is 0.794. The summed E-state index contributed by atoms with van der Waals surface area (Å²) in [6, 6.07) is 17.3. The second-order valence-corrected chi connectivity index (χ2v) is 10.1. The van der Waals surface area contributed by atoms with Crippen LogP contribution >= 0.6 is 0 Å². The first kappa shape index (κ1) is 23.8. The van der Waals surface area contributed by atoms with E-state index in [0.717, 1.165) is 53.0 Å². The number of nitrogens with zero attached hydrogens (tertiary/aromatic N) is 4. The SMILES string of the molecule is CC(C)(C)OC(=O)C1CCCN1Cn1cc(-c2ccc(Oc3ccccc3)cc2)c2c(N)ncnc21. The Morgan fingerprint density at radius 1 is 1.06 bits per heavy atom. The number of ether oxygens (including phenoxy) is 2.